The molecule has 5 heteroatoms. The molecule has 0 spiro atoms. The van der Waals surface area contributed by atoms with E-state index in [0.29, 0.717) is 12.1 Å². The van der Waals surface area contributed by atoms with Gasteiger partial charge in [0.15, 0.2) is 0 Å². The van der Waals surface area contributed by atoms with E-state index in [2.05, 4.69) is 45.7 Å². The molecule has 0 radical (unpaired) electrons. The van der Waals surface area contributed by atoms with Crippen molar-refractivity contribution < 1.29 is 4.74 Å². The number of rotatable bonds is 6. The number of nitrogens with zero attached hydrogens (tertiary/aromatic N) is 2. The van der Waals surface area contributed by atoms with E-state index in [1.807, 2.05) is 29.8 Å². The summed E-state index contributed by atoms with van der Waals surface area (Å²) in [5, 5.41) is 5.75. The van der Waals surface area contributed by atoms with Gasteiger partial charge in [0.25, 0.3) is 0 Å². The quantitative estimate of drug-likeness (QED) is 0.889. The van der Waals surface area contributed by atoms with Crippen LogP contribution in [-0.4, -0.2) is 42.2 Å². The molecule has 1 saturated heterocycles. The Morgan fingerprint density at radius 2 is 2.41 bits per heavy atom. The maximum Gasteiger partial charge on any atom is 0.0674 e. The van der Waals surface area contributed by atoms with E-state index >= 15 is 0 Å². The van der Waals surface area contributed by atoms with Crippen LogP contribution in [0.4, 0.5) is 0 Å². The third kappa shape index (κ3) is 4.14. The Hall–Kier alpha value is -1.27. The molecule has 2 atom stereocenters. The maximum atomic E-state index is 5.68. The van der Waals surface area contributed by atoms with Gasteiger partial charge in [-0.25, -0.2) is 0 Å². The maximum absolute atomic E-state index is 5.68. The van der Waals surface area contributed by atoms with E-state index < -0.39 is 0 Å². The first kappa shape index (κ1) is 15.6. The van der Waals surface area contributed by atoms with Crippen molar-refractivity contribution in [3.8, 4) is 0 Å². The van der Waals surface area contributed by atoms with Crippen molar-refractivity contribution in [2.45, 2.75) is 25.6 Å². The number of hydrogen-bond donors (Lipinski definition) is 1. The summed E-state index contributed by atoms with van der Waals surface area (Å²) >= 11 is 1.84. The van der Waals surface area contributed by atoms with Gasteiger partial charge in [0.2, 0.25) is 0 Å². The molecular weight excluding hydrogens is 294 g/mol. The second kappa shape index (κ2) is 7.83. The molecule has 1 aliphatic heterocycles. The number of ether oxygens (including phenoxy) is 1. The van der Waals surface area contributed by atoms with E-state index in [-0.39, 0.29) is 0 Å². The molecule has 1 N–H and O–H groups in total. The van der Waals surface area contributed by atoms with Crippen LogP contribution in [0.1, 0.15) is 23.4 Å². The van der Waals surface area contributed by atoms with Crippen molar-refractivity contribution in [1.29, 1.82) is 0 Å². The number of pyridine rings is 1. The first-order valence-corrected chi connectivity index (χ1v) is 8.69. The first-order chi connectivity index (χ1) is 10.8. The summed E-state index contributed by atoms with van der Waals surface area (Å²) in [4.78, 5) is 8.13. The van der Waals surface area contributed by atoms with Crippen molar-refractivity contribution in [2.75, 3.05) is 26.2 Å². The van der Waals surface area contributed by atoms with Gasteiger partial charge >= 0.3 is 0 Å². The summed E-state index contributed by atoms with van der Waals surface area (Å²) in [6, 6.07) is 8.89. The number of morpholine rings is 1. The Labute approximate surface area is 136 Å². The molecule has 1 fully saturated rings. The SMILES string of the molecule is C[C@H]1CN([C@H](CNCc2cccnc2)c2cccs2)CCO1. The summed E-state index contributed by atoms with van der Waals surface area (Å²) in [6.07, 6.45) is 4.05. The molecule has 3 heterocycles. The number of aromatic nitrogens is 1. The molecule has 22 heavy (non-hydrogen) atoms. The van der Waals surface area contributed by atoms with Gasteiger partial charge in [0, 0.05) is 43.4 Å². The minimum Gasteiger partial charge on any atom is -0.376 e. The van der Waals surface area contributed by atoms with E-state index in [9.17, 15) is 0 Å². The van der Waals surface area contributed by atoms with Crippen LogP contribution >= 0.6 is 11.3 Å². The molecule has 4 nitrogen and oxygen atoms in total. The van der Waals surface area contributed by atoms with Gasteiger partial charge in [-0.05, 0) is 30.0 Å². The number of nitrogens with one attached hydrogen (secondary N) is 1. The minimum absolute atomic E-state index is 0.314. The molecule has 0 amide bonds. The summed E-state index contributed by atoms with van der Waals surface area (Å²) < 4.78 is 5.68. The molecule has 0 aromatic carbocycles. The molecule has 0 unspecified atom stereocenters. The Bertz CT molecular complexity index is 546. The average molecular weight is 317 g/mol. The molecule has 2 aromatic heterocycles. The summed E-state index contributed by atoms with van der Waals surface area (Å²) in [5.41, 5.74) is 1.22. The smallest absolute Gasteiger partial charge is 0.0674 e. The summed E-state index contributed by atoms with van der Waals surface area (Å²) in [5.74, 6) is 0. The van der Waals surface area contributed by atoms with Crippen LogP contribution in [0, 0.1) is 0 Å². The summed E-state index contributed by atoms with van der Waals surface area (Å²) in [7, 11) is 0. The Morgan fingerprint density at radius 3 is 3.14 bits per heavy atom. The lowest BCUT2D eigenvalue weighted by atomic mass is 10.1. The predicted molar refractivity (Wildman–Crippen MR) is 90.0 cm³/mol. The molecule has 0 saturated carbocycles. The first-order valence-electron chi connectivity index (χ1n) is 7.81. The highest BCUT2D eigenvalue weighted by atomic mass is 32.1. The molecule has 0 bridgehead atoms. The van der Waals surface area contributed by atoms with Crippen molar-refractivity contribution >= 4 is 11.3 Å². The van der Waals surface area contributed by atoms with Crippen LogP contribution in [0.15, 0.2) is 42.0 Å². The van der Waals surface area contributed by atoms with Crippen LogP contribution in [0.25, 0.3) is 0 Å². The minimum atomic E-state index is 0.314. The molecule has 118 valence electrons. The normalized spacial score (nSPS) is 20.9. The van der Waals surface area contributed by atoms with Crippen molar-refractivity contribution in [1.82, 2.24) is 15.2 Å². The fourth-order valence-electron chi connectivity index (χ4n) is 2.87. The topological polar surface area (TPSA) is 37.4 Å². The van der Waals surface area contributed by atoms with Crippen LogP contribution in [0.3, 0.4) is 0 Å². The molecular formula is C17H23N3OS. The van der Waals surface area contributed by atoms with E-state index in [0.717, 1.165) is 32.8 Å². The number of hydrogen-bond acceptors (Lipinski definition) is 5. The zero-order valence-corrected chi connectivity index (χ0v) is 13.8. The lowest BCUT2D eigenvalue weighted by Crippen LogP contribution is -2.45. The van der Waals surface area contributed by atoms with Gasteiger partial charge in [-0.2, -0.15) is 0 Å². The van der Waals surface area contributed by atoms with E-state index in [1.165, 1.54) is 10.4 Å². The highest BCUT2D eigenvalue weighted by Crippen LogP contribution is 2.26. The monoisotopic (exact) mass is 317 g/mol. The van der Waals surface area contributed by atoms with Crippen LogP contribution in [0.5, 0.6) is 0 Å². The standard InChI is InChI=1S/C17H23N3OS/c1-14-13-20(7-8-21-14)16(17-5-3-9-22-17)12-19-11-15-4-2-6-18-10-15/h2-6,9-10,14,16,19H,7-8,11-13H2,1H3/t14-,16+/m0/s1. The highest BCUT2D eigenvalue weighted by Gasteiger charge is 2.25. The van der Waals surface area contributed by atoms with Gasteiger partial charge in [-0.15, -0.1) is 11.3 Å². The fraction of sp³-hybridized carbons (Fsp3) is 0.471. The Morgan fingerprint density at radius 1 is 1.45 bits per heavy atom. The predicted octanol–water partition coefficient (Wildman–Crippen LogP) is 2.69. The van der Waals surface area contributed by atoms with Crippen LogP contribution in [0.2, 0.25) is 0 Å². The second-order valence-electron chi connectivity index (χ2n) is 5.70. The average Bonchev–Trinajstić information content (AvgIpc) is 3.07. The van der Waals surface area contributed by atoms with Crippen molar-refractivity contribution in [3.63, 3.8) is 0 Å². The van der Waals surface area contributed by atoms with Crippen LogP contribution < -0.4 is 5.32 Å². The van der Waals surface area contributed by atoms with E-state index in [1.54, 1.807) is 0 Å². The Balaban J connectivity index is 1.61. The molecule has 2 aromatic rings. The fourth-order valence-corrected chi connectivity index (χ4v) is 3.74. The molecule has 1 aliphatic rings. The molecule has 3 rings (SSSR count). The third-order valence-corrected chi connectivity index (χ3v) is 4.95. The number of thiophene rings is 1. The zero-order chi connectivity index (χ0) is 15.2. The van der Waals surface area contributed by atoms with Crippen LogP contribution in [-0.2, 0) is 11.3 Å². The third-order valence-electron chi connectivity index (χ3n) is 3.97. The van der Waals surface area contributed by atoms with Gasteiger partial charge in [0.05, 0.1) is 18.8 Å². The Kier molecular flexibility index (Phi) is 5.56. The zero-order valence-electron chi connectivity index (χ0n) is 12.9. The van der Waals surface area contributed by atoms with Gasteiger partial charge in [0.1, 0.15) is 0 Å². The second-order valence-corrected chi connectivity index (χ2v) is 6.68. The van der Waals surface area contributed by atoms with Gasteiger partial charge in [-0.1, -0.05) is 12.1 Å². The van der Waals surface area contributed by atoms with Crippen molar-refractivity contribution in [2.24, 2.45) is 0 Å². The van der Waals surface area contributed by atoms with Crippen molar-refractivity contribution in [3.05, 3.63) is 52.5 Å². The highest BCUT2D eigenvalue weighted by molar-refractivity contribution is 7.10. The van der Waals surface area contributed by atoms with Gasteiger partial charge in [-0.3, -0.25) is 9.88 Å². The summed E-state index contributed by atoms with van der Waals surface area (Å²) in [6.45, 7) is 6.78. The largest absolute Gasteiger partial charge is 0.376 e. The lowest BCUT2D eigenvalue weighted by molar-refractivity contribution is -0.0339. The van der Waals surface area contributed by atoms with E-state index in [4.69, 9.17) is 4.74 Å². The molecule has 0 aliphatic carbocycles. The van der Waals surface area contributed by atoms with Gasteiger partial charge < -0.3 is 10.1 Å². The lowest BCUT2D eigenvalue weighted by Gasteiger charge is -2.37.